The molecule has 5 heteroatoms. The highest BCUT2D eigenvalue weighted by Gasteiger charge is 2.06. The molecule has 2 N–H and O–H groups in total. The zero-order valence-electron chi connectivity index (χ0n) is 17.2. The number of hydrogen-bond donors (Lipinski definition) is 2. The third-order valence-electron chi connectivity index (χ3n) is 5.57. The van der Waals surface area contributed by atoms with Gasteiger partial charge < -0.3 is 15.0 Å². The number of para-hydroxylation sites is 1. The van der Waals surface area contributed by atoms with Gasteiger partial charge in [-0.3, -0.25) is 4.98 Å². The summed E-state index contributed by atoms with van der Waals surface area (Å²) in [6, 6.07) is 28.4. The van der Waals surface area contributed by atoms with Gasteiger partial charge in [-0.2, -0.15) is 0 Å². The van der Waals surface area contributed by atoms with Gasteiger partial charge >= 0.3 is 0 Å². The molecule has 5 nitrogen and oxygen atoms in total. The average Bonchev–Trinajstić information content (AvgIpc) is 3.21. The van der Waals surface area contributed by atoms with Crippen LogP contribution >= 0.6 is 0 Å². The van der Waals surface area contributed by atoms with Crippen LogP contribution < -0.4 is 10.1 Å². The van der Waals surface area contributed by atoms with E-state index < -0.39 is 0 Å². The summed E-state index contributed by atoms with van der Waals surface area (Å²) in [7, 11) is 0. The zero-order chi connectivity index (χ0) is 21.3. The third kappa shape index (κ3) is 3.50. The number of H-pyrrole nitrogens is 1. The van der Waals surface area contributed by atoms with Gasteiger partial charge in [-0.25, -0.2) is 4.98 Å². The lowest BCUT2D eigenvalue weighted by molar-refractivity contribution is 0.483. The molecular weight excluding hydrogens is 396 g/mol. The second kappa shape index (κ2) is 7.71. The first-order valence-electron chi connectivity index (χ1n) is 10.5. The lowest BCUT2D eigenvalue weighted by Gasteiger charge is -2.10. The molecule has 0 saturated heterocycles. The number of fused-ring (bicyclic) bond motifs is 4. The normalized spacial score (nSPS) is 11.2. The Labute approximate surface area is 184 Å². The van der Waals surface area contributed by atoms with Crippen LogP contribution in [0.25, 0.3) is 32.7 Å². The zero-order valence-corrected chi connectivity index (χ0v) is 17.2. The van der Waals surface area contributed by atoms with E-state index in [2.05, 4.69) is 50.6 Å². The van der Waals surface area contributed by atoms with Gasteiger partial charge in [0.2, 0.25) is 0 Å². The molecule has 0 amide bonds. The minimum absolute atomic E-state index is 0.652. The molecule has 0 unspecified atom stereocenters. The van der Waals surface area contributed by atoms with E-state index >= 15 is 0 Å². The second-order valence-corrected chi connectivity index (χ2v) is 7.75. The van der Waals surface area contributed by atoms with Crippen LogP contribution in [0.2, 0.25) is 0 Å². The number of benzene rings is 3. The smallest absolute Gasteiger partial charge is 0.128 e. The van der Waals surface area contributed by atoms with E-state index in [1.165, 1.54) is 10.8 Å². The fourth-order valence-corrected chi connectivity index (χ4v) is 4.01. The molecule has 6 aromatic rings. The van der Waals surface area contributed by atoms with E-state index in [1.807, 2.05) is 60.8 Å². The van der Waals surface area contributed by atoms with Crippen molar-refractivity contribution in [1.29, 1.82) is 0 Å². The topological polar surface area (TPSA) is 62.8 Å². The number of hydrogen-bond acceptors (Lipinski definition) is 4. The molecule has 0 radical (unpaired) electrons. The van der Waals surface area contributed by atoms with Crippen molar-refractivity contribution in [3.63, 3.8) is 0 Å². The summed E-state index contributed by atoms with van der Waals surface area (Å²) in [6.07, 6.45) is 3.68. The maximum absolute atomic E-state index is 6.10. The van der Waals surface area contributed by atoms with Crippen molar-refractivity contribution >= 4 is 38.5 Å². The van der Waals surface area contributed by atoms with Crippen LogP contribution in [0.5, 0.6) is 11.5 Å². The number of rotatable bonds is 5. The highest BCUT2D eigenvalue weighted by atomic mass is 16.5. The van der Waals surface area contributed by atoms with Gasteiger partial charge in [0, 0.05) is 34.4 Å². The second-order valence-electron chi connectivity index (χ2n) is 7.75. The van der Waals surface area contributed by atoms with Gasteiger partial charge in [-0.15, -0.1) is 0 Å². The molecule has 6 rings (SSSR count). The number of aromatic nitrogens is 3. The van der Waals surface area contributed by atoms with Gasteiger partial charge in [-0.1, -0.05) is 36.4 Å². The van der Waals surface area contributed by atoms with Crippen LogP contribution in [0.4, 0.5) is 5.82 Å². The summed E-state index contributed by atoms with van der Waals surface area (Å²) in [5, 5.41) is 6.86. The fraction of sp³-hybridized carbons (Fsp3) is 0.0370. The van der Waals surface area contributed by atoms with Gasteiger partial charge in [0.1, 0.15) is 17.3 Å². The van der Waals surface area contributed by atoms with Crippen molar-refractivity contribution < 1.29 is 4.74 Å². The number of pyridine rings is 2. The molecule has 0 spiro atoms. The number of nitrogens with one attached hydrogen (secondary N) is 2. The molecule has 3 aromatic heterocycles. The van der Waals surface area contributed by atoms with Crippen molar-refractivity contribution in [3.05, 3.63) is 103 Å². The summed E-state index contributed by atoms with van der Waals surface area (Å²) in [6.45, 7) is 0.652. The van der Waals surface area contributed by atoms with Crippen molar-refractivity contribution in [2.45, 2.75) is 6.54 Å². The minimum Gasteiger partial charge on any atom is -0.457 e. The summed E-state index contributed by atoms with van der Waals surface area (Å²) in [5.41, 5.74) is 4.23. The molecule has 0 aliphatic carbocycles. The van der Waals surface area contributed by atoms with Crippen molar-refractivity contribution in [1.82, 2.24) is 15.0 Å². The SMILES string of the molecule is c1cc(CNc2cc3c(cn2)[nH]c2ccccc23)cc(Oc2ccc3ncccc3c2)c1. The number of ether oxygens (including phenoxy) is 1. The van der Waals surface area contributed by atoms with Crippen LogP contribution in [0.15, 0.2) is 97.3 Å². The Kier molecular flexibility index (Phi) is 4.43. The molecule has 3 aromatic carbocycles. The van der Waals surface area contributed by atoms with E-state index in [4.69, 9.17) is 4.74 Å². The first-order chi connectivity index (χ1) is 15.8. The molecule has 0 aliphatic rings. The maximum Gasteiger partial charge on any atom is 0.128 e. The lowest BCUT2D eigenvalue weighted by atomic mass is 10.2. The largest absolute Gasteiger partial charge is 0.457 e. The highest BCUT2D eigenvalue weighted by molar-refractivity contribution is 6.07. The predicted octanol–water partition coefficient (Wildman–Crippen LogP) is 6.67. The van der Waals surface area contributed by atoms with Gasteiger partial charge in [-0.05, 0) is 54.1 Å². The maximum atomic E-state index is 6.10. The molecule has 0 saturated carbocycles. The highest BCUT2D eigenvalue weighted by Crippen LogP contribution is 2.28. The summed E-state index contributed by atoms with van der Waals surface area (Å²) in [4.78, 5) is 12.3. The molecule has 3 heterocycles. The van der Waals surface area contributed by atoms with Crippen molar-refractivity contribution in [2.24, 2.45) is 0 Å². The molecule has 0 aliphatic heterocycles. The van der Waals surface area contributed by atoms with Crippen LogP contribution in [0.1, 0.15) is 5.56 Å². The Bertz CT molecular complexity index is 1570. The number of nitrogens with zero attached hydrogens (tertiary/aromatic N) is 2. The standard InChI is InChI=1S/C27H20N4O/c1-2-9-25-22(8-1)23-15-27(30-17-26(23)31-25)29-16-18-5-3-7-20(13-18)32-21-10-11-24-19(14-21)6-4-12-28-24/h1-15,17,31H,16H2,(H,29,30). The Hall–Kier alpha value is -4.38. The minimum atomic E-state index is 0.652. The van der Waals surface area contributed by atoms with E-state index in [0.717, 1.165) is 44.8 Å². The predicted molar refractivity (Wildman–Crippen MR) is 129 cm³/mol. The van der Waals surface area contributed by atoms with Crippen LogP contribution in [-0.4, -0.2) is 15.0 Å². The van der Waals surface area contributed by atoms with Gasteiger partial charge in [0.05, 0.1) is 17.2 Å². The first-order valence-corrected chi connectivity index (χ1v) is 10.5. The molecule has 32 heavy (non-hydrogen) atoms. The van der Waals surface area contributed by atoms with E-state index in [1.54, 1.807) is 6.20 Å². The Morgan fingerprint density at radius 1 is 0.750 bits per heavy atom. The van der Waals surface area contributed by atoms with E-state index in [-0.39, 0.29) is 0 Å². The van der Waals surface area contributed by atoms with Crippen molar-refractivity contribution in [3.8, 4) is 11.5 Å². The van der Waals surface area contributed by atoms with Crippen LogP contribution in [0.3, 0.4) is 0 Å². The average molecular weight is 416 g/mol. The lowest BCUT2D eigenvalue weighted by Crippen LogP contribution is -2.01. The Morgan fingerprint density at radius 2 is 1.69 bits per heavy atom. The van der Waals surface area contributed by atoms with E-state index in [0.29, 0.717) is 6.54 Å². The van der Waals surface area contributed by atoms with E-state index in [9.17, 15) is 0 Å². The quantitative estimate of drug-likeness (QED) is 0.329. The molecule has 0 fully saturated rings. The first kappa shape index (κ1) is 18.4. The number of anilines is 1. The molecule has 0 atom stereocenters. The Morgan fingerprint density at radius 3 is 2.69 bits per heavy atom. The van der Waals surface area contributed by atoms with Crippen LogP contribution in [0, 0.1) is 0 Å². The molecular formula is C27H20N4O. The Balaban J connectivity index is 1.20. The van der Waals surface area contributed by atoms with Gasteiger partial charge in [0.25, 0.3) is 0 Å². The van der Waals surface area contributed by atoms with Crippen LogP contribution in [-0.2, 0) is 6.54 Å². The monoisotopic (exact) mass is 416 g/mol. The molecule has 154 valence electrons. The fourth-order valence-electron chi connectivity index (χ4n) is 4.01. The summed E-state index contributed by atoms with van der Waals surface area (Å²) >= 11 is 0. The number of aromatic amines is 1. The summed E-state index contributed by atoms with van der Waals surface area (Å²) in [5.74, 6) is 2.44. The third-order valence-corrected chi connectivity index (χ3v) is 5.57. The van der Waals surface area contributed by atoms with Gasteiger partial charge in [0.15, 0.2) is 0 Å². The molecule has 0 bridgehead atoms. The van der Waals surface area contributed by atoms with Crippen molar-refractivity contribution in [2.75, 3.05) is 5.32 Å². The summed E-state index contributed by atoms with van der Waals surface area (Å²) < 4.78 is 6.10.